The van der Waals surface area contributed by atoms with Gasteiger partial charge in [-0.2, -0.15) is 0 Å². The molecule has 2 heteroatoms. The largest absolute Gasteiger partial charge is 0.309 e. The van der Waals surface area contributed by atoms with Gasteiger partial charge in [0.15, 0.2) is 0 Å². The van der Waals surface area contributed by atoms with Crippen molar-refractivity contribution in [1.82, 2.24) is 0 Å². The molecule has 0 fully saturated rings. The van der Waals surface area contributed by atoms with Gasteiger partial charge in [-0.15, -0.1) is 11.3 Å². The van der Waals surface area contributed by atoms with Crippen LogP contribution in [0.25, 0.3) is 64.7 Å². The fourth-order valence-electron chi connectivity index (χ4n) is 7.22. The molecule has 9 aromatic rings. The summed E-state index contributed by atoms with van der Waals surface area (Å²) in [6.45, 7) is 0. The number of nitrogens with zero attached hydrogens (tertiary/aromatic N) is 1. The van der Waals surface area contributed by atoms with Crippen LogP contribution in [-0.4, -0.2) is 0 Å². The molecule has 0 spiro atoms. The number of hydrogen-bond donors (Lipinski definition) is 0. The molecule has 1 heterocycles. The third-order valence-corrected chi connectivity index (χ3v) is 10.7. The Labute approximate surface area is 297 Å². The Morgan fingerprint density at radius 3 is 1.50 bits per heavy atom. The van der Waals surface area contributed by atoms with Gasteiger partial charge in [-0.25, -0.2) is 0 Å². The Morgan fingerprint density at radius 1 is 0.300 bits per heavy atom. The third kappa shape index (κ3) is 5.37. The average molecular weight is 656 g/mol. The molecule has 0 unspecified atom stereocenters. The molecule has 1 nitrogen and oxygen atoms in total. The average Bonchev–Trinajstić information content (AvgIpc) is 3.59. The van der Waals surface area contributed by atoms with Crippen molar-refractivity contribution in [2.45, 2.75) is 0 Å². The van der Waals surface area contributed by atoms with Gasteiger partial charge in [-0.1, -0.05) is 164 Å². The Morgan fingerprint density at radius 2 is 0.780 bits per heavy atom. The highest BCUT2D eigenvalue weighted by Gasteiger charge is 2.22. The summed E-state index contributed by atoms with van der Waals surface area (Å²) >= 11 is 1.86. The van der Waals surface area contributed by atoms with Crippen LogP contribution in [0.5, 0.6) is 0 Å². The Balaban J connectivity index is 1.28. The van der Waals surface area contributed by atoms with E-state index in [-0.39, 0.29) is 0 Å². The van der Waals surface area contributed by atoms with E-state index < -0.39 is 0 Å². The summed E-state index contributed by atoms with van der Waals surface area (Å²) < 4.78 is 2.58. The molecule has 0 N–H and O–H groups in total. The van der Waals surface area contributed by atoms with E-state index >= 15 is 0 Å². The van der Waals surface area contributed by atoms with Gasteiger partial charge in [0.1, 0.15) is 0 Å². The highest BCUT2D eigenvalue weighted by molar-refractivity contribution is 7.26. The lowest BCUT2D eigenvalue weighted by Gasteiger charge is -2.29. The molecule has 0 aliphatic carbocycles. The smallest absolute Gasteiger partial charge is 0.0555 e. The van der Waals surface area contributed by atoms with Crippen LogP contribution in [-0.2, 0) is 0 Å². The molecule has 0 atom stereocenters. The quantitative estimate of drug-likeness (QED) is 0.165. The lowest BCUT2D eigenvalue weighted by atomic mass is 9.88. The minimum atomic E-state index is 1.11. The predicted molar refractivity (Wildman–Crippen MR) is 216 cm³/mol. The number of benzene rings is 8. The zero-order valence-electron chi connectivity index (χ0n) is 27.4. The minimum absolute atomic E-state index is 1.11. The summed E-state index contributed by atoms with van der Waals surface area (Å²) in [4.78, 5) is 2.46. The number of hydrogen-bond acceptors (Lipinski definition) is 2. The van der Waals surface area contributed by atoms with Crippen molar-refractivity contribution in [2.24, 2.45) is 0 Å². The molecule has 0 radical (unpaired) electrons. The first-order chi connectivity index (χ1) is 24.8. The van der Waals surface area contributed by atoms with E-state index in [9.17, 15) is 0 Å². The van der Waals surface area contributed by atoms with Gasteiger partial charge in [0, 0.05) is 31.4 Å². The molecule has 0 aliphatic rings. The van der Waals surface area contributed by atoms with Crippen molar-refractivity contribution in [3.05, 3.63) is 200 Å². The van der Waals surface area contributed by atoms with E-state index in [1.165, 1.54) is 70.4 Å². The fraction of sp³-hybridized carbons (Fsp3) is 0. The van der Waals surface area contributed by atoms with Gasteiger partial charge in [0.2, 0.25) is 0 Å². The summed E-state index contributed by atoms with van der Waals surface area (Å²) in [6.07, 6.45) is 0. The molecular weight excluding hydrogens is 623 g/mol. The highest BCUT2D eigenvalue weighted by Crippen LogP contribution is 2.49. The predicted octanol–water partition coefficient (Wildman–Crippen LogP) is 14.2. The van der Waals surface area contributed by atoms with E-state index in [0.717, 1.165) is 11.4 Å². The van der Waals surface area contributed by atoms with Gasteiger partial charge in [0.25, 0.3) is 0 Å². The van der Waals surface area contributed by atoms with Crippen LogP contribution in [0.2, 0.25) is 0 Å². The monoisotopic (exact) mass is 655 g/mol. The molecule has 9 rings (SSSR count). The second kappa shape index (κ2) is 13.0. The highest BCUT2D eigenvalue weighted by atomic mass is 32.1. The van der Waals surface area contributed by atoms with Crippen molar-refractivity contribution in [1.29, 1.82) is 0 Å². The number of thiophene rings is 1. The van der Waals surface area contributed by atoms with Crippen LogP contribution in [0.1, 0.15) is 0 Å². The first-order valence-corrected chi connectivity index (χ1v) is 17.8. The first kappa shape index (κ1) is 29.9. The van der Waals surface area contributed by atoms with E-state index in [0.29, 0.717) is 0 Å². The molecule has 0 aliphatic heterocycles. The van der Waals surface area contributed by atoms with Crippen molar-refractivity contribution < 1.29 is 0 Å². The second-order valence-corrected chi connectivity index (χ2v) is 13.6. The molecular formula is C48H33NS. The van der Waals surface area contributed by atoms with Crippen molar-refractivity contribution >= 4 is 48.6 Å². The summed E-state index contributed by atoms with van der Waals surface area (Å²) in [5.74, 6) is 0. The number of para-hydroxylation sites is 1. The SMILES string of the molecule is c1ccc(-c2ccc(N(c3ccccc3-c3ccccc3-c3ccccc3-c3ccccc3)c3cccc4sc5ccccc5c34)cc2)cc1. The van der Waals surface area contributed by atoms with Crippen molar-refractivity contribution in [3.8, 4) is 44.5 Å². The summed E-state index contributed by atoms with van der Waals surface area (Å²) in [5, 5.41) is 2.56. The lowest BCUT2D eigenvalue weighted by Crippen LogP contribution is -2.11. The molecule has 0 saturated carbocycles. The summed E-state index contributed by atoms with van der Waals surface area (Å²) in [6, 6.07) is 72.3. The summed E-state index contributed by atoms with van der Waals surface area (Å²) in [5.41, 5.74) is 13.0. The van der Waals surface area contributed by atoms with Crippen LogP contribution in [0.15, 0.2) is 200 Å². The zero-order valence-corrected chi connectivity index (χ0v) is 28.2. The maximum Gasteiger partial charge on any atom is 0.0555 e. The molecule has 236 valence electrons. The topological polar surface area (TPSA) is 3.24 Å². The Hall–Kier alpha value is -6.22. The van der Waals surface area contributed by atoms with E-state index in [1.807, 2.05) is 11.3 Å². The zero-order chi connectivity index (χ0) is 33.3. The molecule has 1 aromatic heterocycles. The van der Waals surface area contributed by atoms with Crippen LogP contribution in [0.3, 0.4) is 0 Å². The molecule has 0 saturated heterocycles. The lowest BCUT2D eigenvalue weighted by molar-refractivity contribution is 1.30. The standard InChI is InChI=1S/C48H33NS/c1-3-16-34(17-4-1)35-30-32-37(33-31-35)49(45-27-15-29-47-48(45)43-25-12-14-28-46(43)50-47)44-26-13-11-24-42(44)41-23-10-9-22-40(41)39-21-8-7-20-38(39)36-18-5-2-6-19-36/h1-33H. The maximum atomic E-state index is 2.46. The van der Waals surface area contributed by atoms with Gasteiger partial charge < -0.3 is 4.90 Å². The normalized spacial score (nSPS) is 11.2. The van der Waals surface area contributed by atoms with Crippen LogP contribution in [0.4, 0.5) is 17.1 Å². The van der Waals surface area contributed by atoms with E-state index in [1.54, 1.807) is 0 Å². The molecule has 8 aromatic carbocycles. The maximum absolute atomic E-state index is 2.46. The first-order valence-electron chi connectivity index (χ1n) is 17.0. The van der Waals surface area contributed by atoms with E-state index in [2.05, 4.69) is 205 Å². The number of anilines is 3. The van der Waals surface area contributed by atoms with Crippen LogP contribution in [0, 0.1) is 0 Å². The Kier molecular flexibility index (Phi) is 7.77. The summed E-state index contributed by atoms with van der Waals surface area (Å²) in [7, 11) is 0. The minimum Gasteiger partial charge on any atom is -0.309 e. The van der Waals surface area contributed by atoms with Crippen molar-refractivity contribution in [3.63, 3.8) is 0 Å². The van der Waals surface area contributed by atoms with Crippen LogP contribution < -0.4 is 4.90 Å². The molecule has 50 heavy (non-hydrogen) atoms. The third-order valence-electron chi connectivity index (χ3n) is 9.52. The van der Waals surface area contributed by atoms with Gasteiger partial charge >= 0.3 is 0 Å². The second-order valence-electron chi connectivity index (χ2n) is 12.5. The van der Waals surface area contributed by atoms with Crippen LogP contribution >= 0.6 is 11.3 Å². The number of rotatable bonds is 7. The van der Waals surface area contributed by atoms with Gasteiger partial charge in [0.05, 0.1) is 11.4 Å². The number of fused-ring (bicyclic) bond motifs is 3. The van der Waals surface area contributed by atoms with Gasteiger partial charge in [-0.3, -0.25) is 0 Å². The Bertz CT molecular complexity index is 2580. The van der Waals surface area contributed by atoms with Crippen molar-refractivity contribution in [2.75, 3.05) is 4.90 Å². The molecule has 0 bridgehead atoms. The fourth-order valence-corrected chi connectivity index (χ4v) is 8.35. The van der Waals surface area contributed by atoms with Gasteiger partial charge in [-0.05, 0) is 75.3 Å². The van der Waals surface area contributed by atoms with E-state index in [4.69, 9.17) is 0 Å². The molecule has 0 amide bonds.